The standard InChI is InChI=1S/C24H21ClN2O2/c1-17-23(28)27(16-15-26(17)24(29)20-12-5-7-13-21(20)25)22-14-8-6-11-19(22)18-9-3-2-4-10-18/h2-14,17H,15-16H2,1H3. The second-order valence-corrected chi connectivity index (χ2v) is 7.43. The minimum Gasteiger partial charge on any atom is -0.325 e. The van der Waals surface area contributed by atoms with Gasteiger partial charge in [0.2, 0.25) is 5.91 Å². The van der Waals surface area contributed by atoms with Gasteiger partial charge in [-0.05, 0) is 30.7 Å². The minimum atomic E-state index is -0.573. The number of hydrogen-bond acceptors (Lipinski definition) is 2. The quantitative estimate of drug-likeness (QED) is 0.624. The second-order valence-electron chi connectivity index (χ2n) is 7.03. The van der Waals surface area contributed by atoms with Crippen LogP contribution in [0.3, 0.4) is 0 Å². The molecule has 0 radical (unpaired) electrons. The number of hydrogen-bond donors (Lipinski definition) is 0. The fourth-order valence-corrected chi connectivity index (χ4v) is 3.96. The highest BCUT2D eigenvalue weighted by Crippen LogP contribution is 2.33. The Kier molecular flexibility index (Phi) is 5.36. The van der Waals surface area contributed by atoms with Crippen LogP contribution in [0.4, 0.5) is 5.69 Å². The first-order chi connectivity index (χ1) is 14.1. The molecule has 1 unspecified atom stereocenters. The number of para-hydroxylation sites is 1. The molecule has 29 heavy (non-hydrogen) atoms. The number of rotatable bonds is 3. The summed E-state index contributed by atoms with van der Waals surface area (Å²) in [6, 6.07) is 24.2. The van der Waals surface area contributed by atoms with E-state index in [-0.39, 0.29) is 11.8 Å². The van der Waals surface area contributed by atoms with E-state index in [0.717, 1.165) is 16.8 Å². The maximum atomic E-state index is 13.2. The molecule has 1 heterocycles. The van der Waals surface area contributed by atoms with Gasteiger partial charge in [-0.3, -0.25) is 9.59 Å². The van der Waals surface area contributed by atoms with E-state index in [1.165, 1.54) is 0 Å². The lowest BCUT2D eigenvalue weighted by molar-refractivity contribution is -0.124. The van der Waals surface area contributed by atoms with Crippen molar-refractivity contribution < 1.29 is 9.59 Å². The predicted molar refractivity (Wildman–Crippen MR) is 116 cm³/mol. The van der Waals surface area contributed by atoms with Crippen molar-refractivity contribution in [1.82, 2.24) is 4.90 Å². The van der Waals surface area contributed by atoms with Gasteiger partial charge in [-0.2, -0.15) is 0 Å². The van der Waals surface area contributed by atoms with Crippen molar-refractivity contribution in [3.05, 3.63) is 89.4 Å². The molecular weight excluding hydrogens is 384 g/mol. The van der Waals surface area contributed by atoms with Crippen molar-refractivity contribution in [1.29, 1.82) is 0 Å². The van der Waals surface area contributed by atoms with Gasteiger partial charge in [0.25, 0.3) is 5.91 Å². The lowest BCUT2D eigenvalue weighted by atomic mass is 10.0. The summed E-state index contributed by atoms with van der Waals surface area (Å²) in [4.78, 5) is 29.6. The molecular formula is C24H21ClN2O2. The van der Waals surface area contributed by atoms with Crippen molar-refractivity contribution in [3.63, 3.8) is 0 Å². The van der Waals surface area contributed by atoms with Crippen LogP contribution in [0.15, 0.2) is 78.9 Å². The van der Waals surface area contributed by atoms with Crippen LogP contribution in [0.5, 0.6) is 0 Å². The van der Waals surface area contributed by atoms with Crippen LogP contribution >= 0.6 is 11.6 Å². The van der Waals surface area contributed by atoms with Gasteiger partial charge in [0, 0.05) is 18.7 Å². The Morgan fingerprint density at radius 3 is 2.31 bits per heavy atom. The molecule has 0 saturated carbocycles. The number of anilines is 1. The lowest BCUT2D eigenvalue weighted by Crippen LogP contribution is -2.57. The maximum Gasteiger partial charge on any atom is 0.256 e. The Morgan fingerprint density at radius 1 is 0.897 bits per heavy atom. The van der Waals surface area contributed by atoms with Crippen LogP contribution < -0.4 is 4.90 Å². The van der Waals surface area contributed by atoms with Gasteiger partial charge in [-0.15, -0.1) is 0 Å². The summed E-state index contributed by atoms with van der Waals surface area (Å²) in [5.41, 5.74) is 3.34. The largest absolute Gasteiger partial charge is 0.325 e. The number of carbonyl (C=O) groups is 2. The summed E-state index contributed by atoms with van der Waals surface area (Å²) >= 11 is 6.19. The maximum absolute atomic E-state index is 13.2. The third kappa shape index (κ3) is 3.64. The summed E-state index contributed by atoms with van der Waals surface area (Å²) in [7, 11) is 0. The highest BCUT2D eigenvalue weighted by Gasteiger charge is 2.36. The molecule has 3 aromatic carbocycles. The zero-order chi connectivity index (χ0) is 20.4. The molecule has 0 aromatic heterocycles. The monoisotopic (exact) mass is 404 g/mol. The highest BCUT2D eigenvalue weighted by molar-refractivity contribution is 6.33. The molecule has 1 saturated heterocycles. The molecule has 2 amide bonds. The molecule has 3 aromatic rings. The number of carbonyl (C=O) groups excluding carboxylic acids is 2. The molecule has 1 aliphatic heterocycles. The van der Waals surface area contributed by atoms with Crippen LogP contribution in [0, 0.1) is 0 Å². The molecule has 4 rings (SSSR count). The molecule has 1 fully saturated rings. The molecule has 1 aliphatic rings. The average Bonchev–Trinajstić information content (AvgIpc) is 2.76. The number of piperazine rings is 1. The van der Waals surface area contributed by atoms with E-state index in [2.05, 4.69) is 0 Å². The van der Waals surface area contributed by atoms with Crippen molar-refractivity contribution in [2.45, 2.75) is 13.0 Å². The van der Waals surface area contributed by atoms with Gasteiger partial charge in [-0.25, -0.2) is 0 Å². The minimum absolute atomic E-state index is 0.0972. The SMILES string of the molecule is CC1C(=O)N(c2ccccc2-c2ccccc2)CCN1C(=O)c1ccccc1Cl. The summed E-state index contributed by atoms with van der Waals surface area (Å²) in [5.74, 6) is -0.313. The van der Waals surface area contributed by atoms with E-state index >= 15 is 0 Å². The van der Waals surface area contributed by atoms with E-state index in [1.807, 2.05) is 54.6 Å². The van der Waals surface area contributed by atoms with Gasteiger partial charge in [-0.1, -0.05) is 72.3 Å². The van der Waals surface area contributed by atoms with Crippen LogP contribution in [-0.2, 0) is 4.79 Å². The van der Waals surface area contributed by atoms with Gasteiger partial charge in [0.05, 0.1) is 16.3 Å². The molecule has 0 spiro atoms. The smallest absolute Gasteiger partial charge is 0.256 e. The fourth-order valence-electron chi connectivity index (χ4n) is 3.75. The van der Waals surface area contributed by atoms with Gasteiger partial charge in [0.1, 0.15) is 6.04 Å². The first-order valence-electron chi connectivity index (χ1n) is 9.59. The third-order valence-corrected chi connectivity index (χ3v) is 5.63. The van der Waals surface area contributed by atoms with E-state index < -0.39 is 6.04 Å². The molecule has 146 valence electrons. The number of halogens is 1. The second kappa shape index (κ2) is 8.10. The van der Waals surface area contributed by atoms with Gasteiger partial charge >= 0.3 is 0 Å². The first-order valence-corrected chi connectivity index (χ1v) is 9.97. The Balaban J connectivity index is 1.62. The number of nitrogens with zero attached hydrogens (tertiary/aromatic N) is 2. The van der Waals surface area contributed by atoms with E-state index in [9.17, 15) is 9.59 Å². The lowest BCUT2D eigenvalue weighted by Gasteiger charge is -2.40. The predicted octanol–water partition coefficient (Wildman–Crippen LogP) is 4.88. The topological polar surface area (TPSA) is 40.6 Å². The Bertz CT molecular complexity index is 1050. The summed E-state index contributed by atoms with van der Waals surface area (Å²) in [6.07, 6.45) is 0. The Hall–Kier alpha value is -3.11. The first kappa shape index (κ1) is 19.2. The molecule has 0 N–H and O–H groups in total. The number of amides is 2. The van der Waals surface area contributed by atoms with Crippen LogP contribution in [0.1, 0.15) is 17.3 Å². The fraction of sp³-hybridized carbons (Fsp3) is 0.167. The van der Waals surface area contributed by atoms with Crippen molar-refractivity contribution in [3.8, 4) is 11.1 Å². The van der Waals surface area contributed by atoms with E-state index in [0.29, 0.717) is 23.7 Å². The van der Waals surface area contributed by atoms with Crippen LogP contribution in [-0.4, -0.2) is 35.8 Å². The average molecular weight is 405 g/mol. The van der Waals surface area contributed by atoms with Gasteiger partial charge in [0.15, 0.2) is 0 Å². The zero-order valence-corrected chi connectivity index (χ0v) is 16.8. The van der Waals surface area contributed by atoms with E-state index in [4.69, 9.17) is 11.6 Å². The van der Waals surface area contributed by atoms with E-state index in [1.54, 1.807) is 41.0 Å². The highest BCUT2D eigenvalue weighted by atomic mass is 35.5. The van der Waals surface area contributed by atoms with Gasteiger partial charge < -0.3 is 9.80 Å². The molecule has 5 heteroatoms. The van der Waals surface area contributed by atoms with Crippen molar-refractivity contribution >= 4 is 29.1 Å². The summed E-state index contributed by atoms with van der Waals surface area (Å²) in [5, 5.41) is 0.397. The molecule has 4 nitrogen and oxygen atoms in total. The summed E-state index contributed by atoms with van der Waals surface area (Å²) in [6.45, 7) is 2.65. The Morgan fingerprint density at radius 2 is 1.55 bits per heavy atom. The molecule has 1 atom stereocenters. The molecule has 0 aliphatic carbocycles. The van der Waals surface area contributed by atoms with Crippen molar-refractivity contribution in [2.24, 2.45) is 0 Å². The Labute approximate surface area is 175 Å². The molecule has 0 bridgehead atoms. The summed E-state index contributed by atoms with van der Waals surface area (Å²) < 4.78 is 0. The number of benzene rings is 3. The van der Waals surface area contributed by atoms with Crippen molar-refractivity contribution in [2.75, 3.05) is 18.0 Å². The normalized spacial score (nSPS) is 16.8. The van der Waals surface area contributed by atoms with Crippen LogP contribution in [0.25, 0.3) is 11.1 Å². The third-order valence-electron chi connectivity index (χ3n) is 5.30. The van der Waals surface area contributed by atoms with Crippen LogP contribution in [0.2, 0.25) is 5.02 Å². The zero-order valence-electron chi connectivity index (χ0n) is 16.1.